The average Bonchev–Trinajstić information content (AvgIpc) is 3.24. The van der Waals surface area contributed by atoms with Crippen molar-refractivity contribution in [1.82, 2.24) is 0 Å². The summed E-state index contributed by atoms with van der Waals surface area (Å²) in [7, 11) is 0. The number of nitrogens with zero attached hydrogens (tertiary/aromatic N) is 3. The van der Waals surface area contributed by atoms with Crippen molar-refractivity contribution in [2.75, 3.05) is 14.7 Å². The molecule has 5 aliphatic heterocycles. The summed E-state index contributed by atoms with van der Waals surface area (Å²) in [4.78, 5) is 9.81. The Morgan fingerprint density at radius 2 is 1.14 bits per heavy atom. The van der Waals surface area contributed by atoms with Crippen molar-refractivity contribution >= 4 is 80.4 Å². The third-order valence-electron chi connectivity index (χ3n) is 11.6. The van der Waals surface area contributed by atoms with Gasteiger partial charge in [0.15, 0.2) is 17.2 Å². The lowest BCUT2D eigenvalue weighted by Crippen LogP contribution is -2.62. The number of anilines is 8. The van der Waals surface area contributed by atoms with Crippen molar-refractivity contribution in [3.63, 3.8) is 0 Å². The molecule has 0 saturated heterocycles. The molecule has 266 valence electrons. The number of rotatable bonds is 4. The summed E-state index contributed by atoms with van der Waals surface area (Å²) in [5.41, 5.74) is 16.2. The van der Waals surface area contributed by atoms with E-state index in [0.29, 0.717) is 0 Å². The molecule has 0 atom stereocenters. The third kappa shape index (κ3) is 4.40. The van der Waals surface area contributed by atoms with Crippen LogP contribution in [-0.4, -0.2) is 6.71 Å². The quantitative estimate of drug-likeness (QED) is 0.167. The Morgan fingerprint density at radius 1 is 0.554 bits per heavy atom. The molecule has 5 heterocycles. The second-order valence-corrected chi connectivity index (χ2v) is 15.8. The average molecular weight is 740 g/mol. The van der Waals surface area contributed by atoms with Crippen LogP contribution in [0, 0.1) is 0 Å². The van der Waals surface area contributed by atoms with Gasteiger partial charge in [0.05, 0.1) is 34.1 Å². The molecule has 0 aliphatic carbocycles. The van der Waals surface area contributed by atoms with Crippen LogP contribution in [0.4, 0.5) is 45.5 Å². The van der Waals surface area contributed by atoms with Crippen LogP contribution in [0.3, 0.4) is 0 Å². The zero-order valence-corrected chi connectivity index (χ0v) is 31.7. The van der Waals surface area contributed by atoms with Crippen molar-refractivity contribution in [2.24, 2.45) is 0 Å². The molecular formula is C49H34BN3O2S. The Bertz CT molecular complexity index is 2840. The first-order chi connectivity index (χ1) is 27.7. The molecule has 0 N–H and O–H groups in total. The van der Waals surface area contributed by atoms with Gasteiger partial charge in [-0.25, -0.2) is 0 Å². The van der Waals surface area contributed by atoms with Gasteiger partial charge in [-0.2, -0.15) is 0 Å². The Hall–Kier alpha value is -6.57. The van der Waals surface area contributed by atoms with Gasteiger partial charge in [-0.3, -0.25) is 0 Å². The second-order valence-electron chi connectivity index (χ2n) is 14.8. The largest absolute Gasteiger partial charge is 0.458 e. The van der Waals surface area contributed by atoms with E-state index in [0.717, 1.165) is 74.7 Å². The van der Waals surface area contributed by atoms with E-state index in [9.17, 15) is 0 Å². The number of fused-ring (bicyclic) bond motifs is 8. The molecule has 56 heavy (non-hydrogen) atoms. The topological polar surface area (TPSA) is 28.2 Å². The van der Waals surface area contributed by atoms with E-state index in [1.807, 2.05) is 11.8 Å². The smallest absolute Gasteiger partial charge is 0.252 e. The minimum atomic E-state index is -0.0155. The van der Waals surface area contributed by atoms with Gasteiger partial charge in [-0.1, -0.05) is 97.6 Å². The van der Waals surface area contributed by atoms with E-state index in [1.54, 1.807) is 0 Å². The number of para-hydroxylation sites is 6. The first kappa shape index (κ1) is 31.8. The first-order valence-electron chi connectivity index (χ1n) is 19.3. The maximum atomic E-state index is 6.66. The fraction of sp³-hybridized carbons (Fsp3) is 0.0612. The molecule has 5 nitrogen and oxygen atoms in total. The predicted molar refractivity (Wildman–Crippen MR) is 231 cm³/mol. The molecule has 7 aromatic rings. The zero-order valence-electron chi connectivity index (χ0n) is 30.9. The normalized spacial score (nSPS) is 15.0. The van der Waals surface area contributed by atoms with E-state index in [4.69, 9.17) is 9.47 Å². The number of hydrogen-bond donors (Lipinski definition) is 0. The molecular weight excluding hydrogens is 705 g/mol. The minimum Gasteiger partial charge on any atom is -0.458 e. The van der Waals surface area contributed by atoms with Crippen molar-refractivity contribution in [3.05, 3.63) is 169 Å². The standard InChI is InChI=1S/C49H34BN3O2S/c1-3-4-15-36-30(2)54-43-20-11-13-34-48(43)52(36)40-28-32(29-41-47(40)50(34)35-14-12-21-44-49(35)53(41)37-16-5-8-19-42(37)55-44)31-24-26-33(27-25-31)51-38-17-6-9-22-45(38)56-46-23-10-7-18-39(46)51/h4-29H,3H2,1-2H3/b15-4-. The maximum Gasteiger partial charge on any atom is 0.252 e. The molecule has 0 saturated carbocycles. The molecule has 0 fully saturated rings. The molecule has 0 spiro atoms. The molecule has 0 bridgehead atoms. The SMILES string of the molecule is CC/C=C\C1=C(C)Oc2cccc3c2N1c1cc(-c2ccc(N4c5ccccc5Sc5ccccc54)cc2)cc2c1B3c1cccc3c1N2c1ccccc1O3. The summed E-state index contributed by atoms with van der Waals surface area (Å²) >= 11 is 1.83. The minimum absolute atomic E-state index is 0.0155. The Kier molecular flexibility index (Phi) is 6.78. The van der Waals surface area contributed by atoms with Crippen LogP contribution in [0.2, 0.25) is 0 Å². The summed E-state index contributed by atoms with van der Waals surface area (Å²) in [6.07, 6.45) is 5.39. The lowest BCUT2D eigenvalue weighted by molar-refractivity contribution is 0.414. The van der Waals surface area contributed by atoms with Gasteiger partial charge in [-0.15, -0.1) is 0 Å². The maximum absolute atomic E-state index is 6.66. The van der Waals surface area contributed by atoms with Gasteiger partial charge < -0.3 is 24.2 Å². The number of benzene rings is 7. The van der Waals surface area contributed by atoms with Crippen LogP contribution >= 0.6 is 11.8 Å². The Morgan fingerprint density at radius 3 is 1.84 bits per heavy atom. The van der Waals surface area contributed by atoms with Crippen LogP contribution in [0.15, 0.2) is 179 Å². The molecule has 0 unspecified atom stereocenters. The molecule has 12 rings (SSSR count). The summed E-state index contributed by atoms with van der Waals surface area (Å²) in [5.74, 6) is 3.49. The van der Waals surface area contributed by atoms with Crippen molar-refractivity contribution in [2.45, 2.75) is 30.1 Å². The highest BCUT2D eigenvalue weighted by Crippen LogP contribution is 2.55. The fourth-order valence-corrected chi connectivity index (χ4v) is 10.3. The molecule has 0 amide bonds. The third-order valence-corrected chi connectivity index (χ3v) is 12.8. The zero-order chi connectivity index (χ0) is 37.1. The van der Waals surface area contributed by atoms with Crippen LogP contribution in [0.5, 0.6) is 17.2 Å². The van der Waals surface area contributed by atoms with Crippen LogP contribution in [0.1, 0.15) is 20.3 Å². The summed E-state index contributed by atoms with van der Waals surface area (Å²) in [6, 6.07) is 52.7. The van der Waals surface area contributed by atoms with Crippen molar-refractivity contribution < 1.29 is 9.47 Å². The Balaban J connectivity index is 1.10. The van der Waals surface area contributed by atoms with E-state index in [2.05, 4.69) is 186 Å². The van der Waals surface area contributed by atoms with Crippen LogP contribution in [0.25, 0.3) is 11.1 Å². The molecule has 0 radical (unpaired) electrons. The van der Waals surface area contributed by atoms with Gasteiger partial charge in [0.2, 0.25) is 0 Å². The molecule has 7 aromatic carbocycles. The monoisotopic (exact) mass is 739 g/mol. The van der Waals surface area contributed by atoms with Gasteiger partial charge in [0, 0.05) is 26.9 Å². The number of ether oxygens (including phenoxy) is 2. The van der Waals surface area contributed by atoms with Gasteiger partial charge in [0.25, 0.3) is 6.71 Å². The molecule has 7 heteroatoms. The van der Waals surface area contributed by atoms with E-state index >= 15 is 0 Å². The molecule has 5 aliphatic rings. The fourth-order valence-electron chi connectivity index (χ4n) is 9.29. The van der Waals surface area contributed by atoms with Gasteiger partial charge in [0.1, 0.15) is 5.76 Å². The highest BCUT2D eigenvalue weighted by molar-refractivity contribution is 7.99. The van der Waals surface area contributed by atoms with Crippen LogP contribution < -0.4 is 40.6 Å². The summed E-state index contributed by atoms with van der Waals surface area (Å²) < 4.78 is 13.3. The molecule has 0 aromatic heterocycles. The number of allylic oxidation sites excluding steroid dienone is 3. The highest BCUT2D eigenvalue weighted by atomic mass is 32.2. The number of hydrogen-bond acceptors (Lipinski definition) is 6. The summed E-state index contributed by atoms with van der Waals surface area (Å²) in [6.45, 7) is 4.25. The van der Waals surface area contributed by atoms with Gasteiger partial charge >= 0.3 is 0 Å². The first-order valence-corrected chi connectivity index (χ1v) is 20.1. The van der Waals surface area contributed by atoms with E-state index in [-0.39, 0.29) is 6.71 Å². The highest BCUT2D eigenvalue weighted by Gasteiger charge is 2.48. The predicted octanol–water partition coefficient (Wildman–Crippen LogP) is 11.7. The van der Waals surface area contributed by atoms with Crippen LogP contribution in [-0.2, 0) is 0 Å². The lowest BCUT2D eigenvalue weighted by Gasteiger charge is -2.47. The second kappa shape index (κ2) is 12.0. The van der Waals surface area contributed by atoms with Crippen molar-refractivity contribution in [1.29, 1.82) is 0 Å². The Labute approximate surface area is 330 Å². The van der Waals surface area contributed by atoms with E-state index < -0.39 is 0 Å². The summed E-state index contributed by atoms with van der Waals surface area (Å²) in [5, 5.41) is 0. The lowest BCUT2D eigenvalue weighted by atomic mass is 9.33. The van der Waals surface area contributed by atoms with E-state index in [1.165, 1.54) is 43.2 Å². The van der Waals surface area contributed by atoms with Gasteiger partial charge in [-0.05, 0) is 120 Å². The van der Waals surface area contributed by atoms with Crippen molar-refractivity contribution in [3.8, 4) is 28.4 Å².